The molecule has 0 aliphatic heterocycles. The number of hydrogen-bond acceptors (Lipinski definition) is 3. The number of thiazole rings is 1. The van der Waals surface area contributed by atoms with Crippen molar-refractivity contribution in [2.45, 2.75) is 31.5 Å². The molecular weight excluding hydrogens is 392 g/mol. The summed E-state index contributed by atoms with van der Waals surface area (Å²) in [5.74, 6) is -0.0336. The van der Waals surface area contributed by atoms with Crippen LogP contribution in [0, 0.1) is 6.92 Å². The first-order chi connectivity index (χ1) is 9.01. The highest BCUT2D eigenvalue weighted by atomic mass is 79.9. The van der Waals surface area contributed by atoms with Gasteiger partial charge >= 0.3 is 0 Å². The molecule has 2 aromatic rings. The molecule has 1 amide bonds. The van der Waals surface area contributed by atoms with Crippen molar-refractivity contribution in [3.8, 4) is 0 Å². The lowest BCUT2D eigenvalue weighted by Gasteiger charge is -2.06. The van der Waals surface area contributed by atoms with Crippen molar-refractivity contribution < 1.29 is 4.79 Å². The lowest BCUT2D eigenvalue weighted by Crippen LogP contribution is -2.22. The molecule has 1 aromatic heterocycles. The van der Waals surface area contributed by atoms with E-state index in [4.69, 9.17) is 0 Å². The number of carbonyl (C=O) groups is 1. The number of nitrogens with zero attached hydrogens (tertiary/aromatic N) is 1. The first-order valence-corrected chi connectivity index (χ1v) is 8.55. The number of aryl methyl sites for hydroxylation is 1. The fourth-order valence-electron chi connectivity index (χ4n) is 1.74. The van der Waals surface area contributed by atoms with E-state index >= 15 is 0 Å². The third-order valence-corrected chi connectivity index (χ3v) is 5.05. The normalized spacial score (nSPS) is 12.6. The molecule has 0 bridgehead atoms. The summed E-state index contributed by atoms with van der Waals surface area (Å²) in [6, 6.07) is 4.10. The molecule has 1 heterocycles. The monoisotopic (exact) mass is 404 g/mol. The van der Waals surface area contributed by atoms with Gasteiger partial charge in [-0.3, -0.25) is 4.79 Å². The summed E-state index contributed by atoms with van der Waals surface area (Å²) >= 11 is 8.39. The van der Waals surface area contributed by atoms with E-state index in [2.05, 4.69) is 55.2 Å². The molecule has 0 fully saturated rings. The summed E-state index contributed by atoms with van der Waals surface area (Å²) in [6.45, 7) is 4.09. The number of nitrogens with one attached hydrogen (secondary N) is 1. The van der Waals surface area contributed by atoms with Crippen LogP contribution in [0.4, 0.5) is 5.13 Å². The van der Waals surface area contributed by atoms with Gasteiger partial charge < -0.3 is 5.32 Å². The van der Waals surface area contributed by atoms with Crippen LogP contribution in [0.5, 0.6) is 0 Å². The highest BCUT2D eigenvalue weighted by Gasteiger charge is 2.16. The maximum Gasteiger partial charge on any atom is 0.239 e. The van der Waals surface area contributed by atoms with Crippen LogP contribution >= 0.6 is 43.2 Å². The van der Waals surface area contributed by atoms with E-state index < -0.39 is 0 Å². The van der Waals surface area contributed by atoms with Crippen LogP contribution in [0.15, 0.2) is 16.6 Å². The summed E-state index contributed by atoms with van der Waals surface area (Å²) < 4.78 is 2.03. The average molecular weight is 406 g/mol. The highest BCUT2D eigenvalue weighted by Crippen LogP contribution is 2.32. The summed E-state index contributed by atoms with van der Waals surface area (Å²) in [6.07, 6.45) is 1.79. The van der Waals surface area contributed by atoms with Gasteiger partial charge in [-0.1, -0.05) is 40.6 Å². The Hall–Kier alpha value is -0.460. The summed E-state index contributed by atoms with van der Waals surface area (Å²) in [5, 5.41) is 3.51. The van der Waals surface area contributed by atoms with Gasteiger partial charge in [0.25, 0.3) is 0 Å². The standard InChI is InChI=1S/C13H14Br2N2OS/c1-3-4-8(14)12(18)17-13-16-11-9(15)5-7(2)6-10(11)19-13/h5-6,8H,3-4H2,1-2H3,(H,16,17,18). The van der Waals surface area contributed by atoms with Crippen molar-refractivity contribution in [1.29, 1.82) is 0 Å². The van der Waals surface area contributed by atoms with Crippen molar-refractivity contribution in [3.05, 3.63) is 22.2 Å². The average Bonchev–Trinajstić information content (AvgIpc) is 2.72. The van der Waals surface area contributed by atoms with E-state index in [1.54, 1.807) is 0 Å². The number of fused-ring (bicyclic) bond motifs is 1. The number of benzene rings is 1. The number of anilines is 1. The lowest BCUT2D eigenvalue weighted by molar-refractivity contribution is -0.115. The van der Waals surface area contributed by atoms with Gasteiger partial charge in [0.05, 0.1) is 15.0 Å². The molecule has 1 N–H and O–H groups in total. The molecule has 0 aliphatic rings. The number of aromatic nitrogens is 1. The van der Waals surface area contributed by atoms with Gasteiger partial charge in [0.2, 0.25) is 5.91 Å². The topological polar surface area (TPSA) is 42.0 Å². The molecule has 1 aromatic carbocycles. The van der Waals surface area contributed by atoms with Crippen LogP contribution in [0.1, 0.15) is 25.3 Å². The number of alkyl halides is 1. The van der Waals surface area contributed by atoms with Crippen molar-refractivity contribution in [3.63, 3.8) is 0 Å². The van der Waals surface area contributed by atoms with Crippen LogP contribution in [0.3, 0.4) is 0 Å². The number of amides is 1. The van der Waals surface area contributed by atoms with Crippen LogP contribution in [0.2, 0.25) is 0 Å². The quantitative estimate of drug-likeness (QED) is 0.737. The molecule has 6 heteroatoms. The van der Waals surface area contributed by atoms with Crippen molar-refractivity contribution >= 4 is 64.5 Å². The number of rotatable bonds is 4. The Kier molecular flexibility index (Phi) is 4.97. The fraction of sp³-hybridized carbons (Fsp3) is 0.385. The summed E-state index contributed by atoms with van der Waals surface area (Å²) in [4.78, 5) is 16.2. The van der Waals surface area contributed by atoms with Gasteiger partial charge in [0, 0.05) is 4.47 Å². The van der Waals surface area contributed by atoms with Gasteiger partial charge in [-0.2, -0.15) is 0 Å². The van der Waals surface area contributed by atoms with E-state index in [0.717, 1.165) is 27.5 Å². The predicted molar refractivity (Wildman–Crippen MR) is 88.3 cm³/mol. The molecule has 102 valence electrons. The number of carbonyl (C=O) groups excluding carboxylic acids is 1. The molecule has 0 aliphatic carbocycles. The van der Waals surface area contributed by atoms with E-state index in [9.17, 15) is 4.79 Å². The molecule has 2 rings (SSSR count). The minimum atomic E-state index is -0.158. The molecule has 1 unspecified atom stereocenters. The van der Waals surface area contributed by atoms with Crippen LogP contribution in [-0.4, -0.2) is 15.7 Å². The maximum atomic E-state index is 11.9. The Morgan fingerprint density at radius 2 is 2.26 bits per heavy atom. The molecule has 19 heavy (non-hydrogen) atoms. The van der Waals surface area contributed by atoms with Gasteiger partial charge in [0.15, 0.2) is 5.13 Å². The molecule has 0 saturated heterocycles. The van der Waals surface area contributed by atoms with Gasteiger partial charge in [-0.15, -0.1) is 0 Å². The maximum absolute atomic E-state index is 11.9. The number of halogens is 2. The molecule has 1 atom stereocenters. The zero-order valence-corrected chi connectivity index (χ0v) is 14.7. The minimum Gasteiger partial charge on any atom is -0.301 e. The third kappa shape index (κ3) is 3.55. The first-order valence-electron chi connectivity index (χ1n) is 6.03. The third-order valence-electron chi connectivity index (χ3n) is 2.65. The Morgan fingerprint density at radius 1 is 1.53 bits per heavy atom. The zero-order valence-electron chi connectivity index (χ0n) is 10.7. The summed E-state index contributed by atoms with van der Waals surface area (Å²) in [7, 11) is 0. The van der Waals surface area contributed by atoms with Gasteiger partial charge in [-0.05, 0) is 47.0 Å². The fourth-order valence-corrected chi connectivity index (χ4v) is 4.10. The Labute approximate surface area is 133 Å². The predicted octanol–water partition coefficient (Wildman–Crippen LogP) is 4.87. The van der Waals surface area contributed by atoms with Crippen LogP contribution in [0.25, 0.3) is 10.2 Å². The lowest BCUT2D eigenvalue weighted by atomic mass is 10.2. The van der Waals surface area contributed by atoms with Crippen LogP contribution in [-0.2, 0) is 4.79 Å². The van der Waals surface area contributed by atoms with Crippen molar-refractivity contribution in [2.75, 3.05) is 5.32 Å². The molecule has 0 saturated carbocycles. The Bertz CT molecular complexity index is 612. The smallest absolute Gasteiger partial charge is 0.239 e. The Balaban J connectivity index is 2.22. The summed E-state index contributed by atoms with van der Waals surface area (Å²) in [5.41, 5.74) is 2.07. The van der Waals surface area contributed by atoms with E-state index in [1.807, 2.05) is 13.0 Å². The zero-order chi connectivity index (χ0) is 14.0. The molecule has 0 radical (unpaired) electrons. The minimum absolute atomic E-state index is 0.0336. The van der Waals surface area contributed by atoms with Gasteiger partial charge in [0.1, 0.15) is 0 Å². The SMILES string of the molecule is CCCC(Br)C(=O)Nc1nc2c(Br)cc(C)cc2s1. The van der Waals surface area contributed by atoms with E-state index in [-0.39, 0.29) is 10.7 Å². The largest absolute Gasteiger partial charge is 0.301 e. The van der Waals surface area contributed by atoms with Crippen molar-refractivity contribution in [1.82, 2.24) is 4.98 Å². The van der Waals surface area contributed by atoms with Crippen LogP contribution < -0.4 is 5.32 Å². The highest BCUT2D eigenvalue weighted by molar-refractivity contribution is 9.10. The molecule has 3 nitrogen and oxygen atoms in total. The first kappa shape index (κ1) is 14.9. The van der Waals surface area contributed by atoms with Crippen molar-refractivity contribution in [2.24, 2.45) is 0 Å². The molecule has 0 spiro atoms. The Morgan fingerprint density at radius 3 is 2.95 bits per heavy atom. The van der Waals surface area contributed by atoms with E-state index in [1.165, 1.54) is 16.9 Å². The van der Waals surface area contributed by atoms with E-state index in [0.29, 0.717) is 5.13 Å². The second-order valence-corrected chi connectivity index (χ2v) is 7.35. The molecular formula is C13H14Br2N2OS. The second kappa shape index (κ2) is 6.33. The van der Waals surface area contributed by atoms with Gasteiger partial charge in [-0.25, -0.2) is 4.98 Å². The second-order valence-electron chi connectivity index (χ2n) is 4.36. The number of hydrogen-bond donors (Lipinski definition) is 1.